The van der Waals surface area contributed by atoms with Crippen LogP contribution in [0.2, 0.25) is 0 Å². The molecule has 0 unspecified atom stereocenters. The summed E-state index contributed by atoms with van der Waals surface area (Å²) in [7, 11) is 0. The molecule has 8 aromatic rings. The standard InChI is InChI=1S/C41H23BrS/c42-27-16-20-39-34(23-27)33-22-25(15-19-38(33)43-39)24-13-17-28-26(21-24)14-18-32-31-9-3-6-12-37(31)41(40(28)32)35-10-4-1-7-29(35)30-8-2-5-11-36(30)41/h1-23H. The van der Waals surface area contributed by atoms with Crippen molar-refractivity contribution in [3.8, 4) is 33.4 Å². The lowest BCUT2D eigenvalue weighted by molar-refractivity contribution is 0.801. The van der Waals surface area contributed by atoms with Crippen molar-refractivity contribution >= 4 is 58.2 Å². The molecule has 7 aromatic carbocycles. The van der Waals surface area contributed by atoms with Gasteiger partial charge in [-0.15, -0.1) is 11.3 Å². The molecule has 0 aliphatic heterocycles. The maximum atomic E-state index is 3.68. The van der Waals surface area contributed by atoms with Crippen molar-refractivity contribution in [3.63, 3.8) is 0 Å². The Balaban J connectivity index is 1.25. The highest BCUT2D eigenvalue weighted by Gasteiger charge is 2.52. The first-order valence-corrected chi connectivity index (χ1v) is 16.3. The van der Waals surface area contributed by atoms with Gasteiger partial charge in [-0.25, -0.2) is 0 Å². The van der Waals surface area contributed by atoms with Crippen molar-refractivity contribution in [2.75, 3.05) is 0 Å². The first kappa shape index (κ1) is 24.0. The van der Waals surface area contributed by atoms with Crippen molar-refractivity contribution in [1.82, 2.24) is 0 Å². The molecule has 0 saturated heterocycles. The molecule has 200 valence electrons. The summed E-state index contributed by atoms with van der Waals surface area (Å²) < 4.78 is 3.77. The Labute approximate surface area is 262 Å². The van der Waals surface area contributed by atoms with Crippen LogP contribution in [0.4, 0.5) is 0 Å². The third kappa shape index (κ3) is 3.05. The summed E-state index contributed by atoms with van der Waals surface area (Å²) in [4.78, 5) is 0. The summed E-state index contributed by atoms with van der Waals surface area (Å²) in [6.45, 7) is 0. The van der Waals surface area contributed by atoms with E-state index in [1.54, 1.807) is 0 Å². The number of hydrogen-bond acceptors (Lipinski definition) is 1. The summed E-state index contributed by atoms with van der Waals surface area (Å²) >= 11 is 5.54. The van der Waals surface area contributed by atoms with Gasteiger partial charge in [-0.2, -0.15) is 0 Å². The number of benzene rings is 7. The zero-order valence-electron chi connectivity index (χ0n) is 23.1. The zero-order valence-corrected chi connectivity index (χ0v) is 25.5. The highest BCUT2D eigenvalue weighted by atomic mass is 79.9. The third-order valence-corrected chi connectivity index (χ3v) is 11.4. The minimum absolute atomic E-state index is 0.331. The van der Waals surface area contributed by atoms with E-state index < -0.39 is 0 Å². The molecule has 0 saturated carbocycles. The first-order chi connectivity index (χ1) is 21.2. The van der Waals surface area contributed by atoms with E-state index in [1.807, 2.05) is 11.3 Å². The van der Waals surface area contributed by atoms with E-state index in [0.717, 1.165) is 4.47 Å². The van der Waals surface area contributed by atoms with E-state index in [0.29, 0.717) is 0 Å². The molecule has 2 aliphatic rings. The quantitative estimate of drug-likeness (QED) is 0.170. The minimum Gasteiger partial charge on any atom is -0.135 e. The SMILES string of the molecule is Brc1ccc2sc3ccc(-c4ccc5c6c(ccc5c4)-c4ccccc4C64c5ccccc5-c5ccccc54)cc3c2c1. The van der Waals surface area contributed by atoms with Gasteiger partial charge in [-0.1, -0.05) is 119 Å². The van der Waals surface area contributed by atoms with E-state index >= 15 is 0 Å². The largest absolute Gasteiger partial charge is 0.135 e. The van der Waals surface area contributed by atoms with Crippen molar-refractivity contribution < 1.29 is 0 Å². The maximum absolute atomic E-state index is 3.68. The topological polar surface area (TPSA) is 0 Å². The molecule has 0 atom stereocenters. The molecule has 0 fully saturated rings. The van der Waals surface area contributed by atoms with Crippen LogP contribution in [-0.4, -0.2) is 0 Å². The summed E-state index contributed by atoms with van der Waals surface area (Å²) in [6.07, 6.45) is 0. The summed E-state index contributed by atoms with van der Waals surface area (Å²) in [5.74, 6) is 0. The van der Waals surface area contributed by atoms with Crippen LogP contribution in [0.15, 0.2) is 144 Å². The fourth-order valence-corrected chi connectivity index (χ4v) is 9.47. The first-order valence-electron chi connectivity index (χ1n) is 14.7. The van der Waals surface area contributed by atoms with Gasteiger partial charge in [0.05, 0.1) is 5.41 Å². The molecule has 0 nitrogen and oxygen atoms in total. The zero-order chi connectivity index (χ0) is 28.3. The van der Waals surface area contributed by atoms with Crippen molar-refractivity contribution in [1.29, 1.82) is 0 Å². The number of halogens is 1. The molecule has 10 rings (SSSR count). The van der Waals surface area contributed by atoms with Crippen molar-refractivity contribution in [2.24, 2.45) is 0 Å². The second-order valence-corrected chi connectivity index (χ2v) is 13.8. The van der Waals surface area contributed by atoms with Gasteiger partial charge in [0.1, 0.15) is 0 Å². The second kappa shape index (κ2) is 8.54. The van der Waals surface area contributed by atoms with Gasteiger partial charge in [-0.05, 0) is 103 Å². The van der Waals surface area contributed by atoms with Crippen LogP contribution in [-0.2, 0) is 5.41 Å². The number of hydrogen-bond donors (Lipinski definition) is 0. The molecule has 0 bridgehead atoms. The Morgan fingerprint density at radius 3 is 1.70 bits per heavy atom. The third-order valence-electron chi connectivity index (χ3n) is 9.73. The predicted octanol–water partition coefficient (Wildman–Crippen LogP) is 12.0. The molecule has 1 spiro atoms. The van der Waals surface area contributed by atoms with E-state index in [-0.39, 0.29) is 5.41 Å². The normalized spacial score (nSPS) is 13.9. The van der Waals surface area contributed by atoms with Gasteiger partial charge >= 0.3 is 0 Å². The van der Waals surface area contributed by atoms with E-state index in [2.05, 4.69) is 155 Å². The molecule has 1 aromatic heterocycles. The Hall–Kier alpha value is -4.50. The van der Waals surface area contributed by atoms with E-state index in [1.165, 1.54) is 86.6 Å². The van der Waals surface area contributed by atoms with Crippen LogP contribution in [0, 0.1) is 0 Å². The summed E-state index contributed by atoms with van der Waals surface area (Å²) in [5.41, 5.74) is 13.1. The van der Waals surface area contributed by atoms with Gasteiger partial charge in [0.25, 0.3) is 0 Å². The lowest BCUT2D eigenvalue weighted by atomic mass is 9.69. The van der Waals surface area contributed by atoms with E-state index in [9.17, 15) is 0 Å². The van der Waals surface area contributed by atoms with Gasteiger partial charge in [0.15, 0.2) is 0 Å². The maximum Gasteiger partial charge on any atom is 0.0731 e. The Bertz CT molecular complexity index is 2420. The van der Waals surface area contributed by atoms with E-state index in [4.69, 9.17) is 0 Å². The molecular formula is C41H23BrS. The minimum atomic E-state index is -0.331. The lowest BCUT2D eigenvalue weighted by Gasteiger charge is -2.31. The van der Waals surface area contributed by atoms with Crippen LogP contribution >= 0.6 is 27.3 Å². The highest BCUT2D eigenvalue weighted by Crippen LogP contribution is 2.64. The fourth-order valence-electron chi connectivity index (χ4n) is 8.04. The fraction of sp³-hybridized carbons (Fsp3) is 0.0244. The Morgan fingerprint density at radius 1 is 0.442 bits per heavy atom. The summed E-state index contributed by atoms with van der Waals surface area (Å²) in [6, 6.07) is 52.5. The van der Waals surface area contributed by atoms with Gasteiger partial charge in [0, 0.05) is 24.6 Å². The van der Waals surface area contributed by atoms with Gasteiger partial charge in [-0.3, -0.25) is 0 Å². The summed E-state index contributed by atoms with van der Waals surface area (Å²) in [5, 5.41) is 5.24. The molecule has 2 aliphatic carbocycles. The Morgan fingerprint density at radius 2 is 1.00 bits per heavy atom. The van der Waals surface area contributed by atoms with Crippen LogP contribution in [0.1, 0.15) is 22.3 Å². The van der Waals surface area contributed by atoms with Gasteiger partial charge < -0.3 is 0 Å². The molecule has 0 radical (unpaired) electrons. The van der Waals surface area contributed by atoms with Crippen molar-refractivity contribution in [2.45, 2.75) is 5.41 Å². The molecule has 2 heteroatoms. The van der Waals surface area contributed by atoms with Crippen LogP contribution < -0.4 is 0 Å². The monoisotopic (exact) mass is 626 g/mol. The Kier molecular flexibility index (Phi) is 4.76. The second-order valence-electron chi connectivity index (χ2n) is 11.8. The molecular weight excluding hydrogens is 604 g/mol. The van der Waals surface area contributed by atoms with Crippen LogP contribution in [0.25, 0.3) is 64.3 Å². The van der Waals surface area contributed by atoms with Crippen LogP contribution in [0.5, 0.6) is 0 Å². The molecule has 0 N–H and O–H groups in total. The number of thiophene rings is 1. The smallest absolute Gasteiger partial charge is 0.0731 e. The lowest BCUT2D eigenvalue weighted by Crippen LogP contribution is -2.26. The number of fused-ring (bicyclic) bond motifs is 15. The number of rotatable bonds is 1. The molecule has 0 amide bonds. The van der Waals surface area contributed by atoms with Crippen LogP contribution in [0.3, 0.4) is 0 Å². The van der Waals surface area contributed by atoms with Gasteiger partial charge in [0.2, 0.25) is 0 Å². The van der Waals surface area contributed by atoms with Crippen molar-refractivity contribution in [3.05, 3.63) is 166 Å². The highest BCUT2D eigenvalue weighted by molar-refractivity contribution is 9.10. The predicted molar refractivity (Wildman–Crippen MR) is 186 cm³/mol. The molecule has 1 heterocycles. The average molecular weight is 628 g/mol. The average Bonchev–Trinajstić information content (AvgIpc) is 3.68. The molecule has 43 heavy (non-hydrogen) atoms.